The van der Waals surface area contributed by atoms with Gasteiger partial charge in [-0.1, -0.05) is 20.8 Å². The molecule has 7 nitrogen and oxygen atoms in total. The summed E-state index contributed by atoms with van der Waals surface area (Å²) < 4.78 is 5.26. The van der Waals surface area contributed by atoms with Crippen molar-refractivity contribution in [1.29, 1.82) is 0 Å². The van der Waals surface area contributed by atoms with Crippen molar-refractivity contribution >= 4 is 5.82 Å². The highest BCUT2D eigenvalue weighted by Gasteiger charge is 2.40. The Bertz CT molecular complexity index is 681. The van der Waals surface area contributed by atoms with Gasteiger partial charge in [0.05, 0.1) is 12.2 Å². The number of aromatic nitrogens is 4. The molecule has 0 N–H and O–H groups in total. The normalized spacial score (nSPS) is 24.5. The van der Waals surface area contributed by atoms with Crippen molar-refractivity contribution in [3.63, 3.8) is 0 Å². The van der Waals surface area contributed by atoms with Crippen LogP contribution in [0.2, 0.25) is 0 Å². The second-order valence-corrected chi connectivity index (χ2v) is 7.96. The molecule has 24 heavy (non-hydrogen) atoms. The van der Waals surface area contributed by atoms with Gasteiger partial charge in [0, 0.05) is 37.7 Å². The monoisotopic (exact) mass is 328 g/mol. The van der Waals surface area contributed by atoms with E-state index in [9.17, 15) is 0 Å². The number of likely N-dealkylation sites (tertiary alicyclic amines) is 1. The Morgan fingerprint density at radius 3 is 2.50 bits per heavy atom. The van der Waals surface area contributed by atoms with Gasteiger partial charge in [0.2, 0.25) is 12.3 Å². The number of anilines is 1. The fourth-order valence-electron chi connectivity index (χ4n) is 3.79. The quantitative estimate of drug-likeness (QED) is 0.849. The highest BCUT2D eigenvalue weighted by molar-refractivity contribution is 5.42. The molecule has 0 saturated carbocycles. The third-order valence-corrected chi connectivity index (χ3v) is 5.07. The molecular weight excluding hydrogens is 304 g/mol. The summed E-state index contributed by atoms with van der Waals surface area (Å²) >= 11 is 0. The number of fused-ring (bicyclic) bond motifs is 1. The van der Waals surface area contributed by atoms with E-state index in [0.29, 0.717) is 17.7 Å². The summed E-state index contributed by atoms with van der Waals surface area (Å²) in [5.74, 6) is 3.13. The lowest BCUT2D eigenvalue weighted by Crippen LogP contribution is -2.29. The maximum Gasteiger partial charge on any atom is 0.230 e. The summed E-state index contributed by atoms with van der Waals surface area (Å²) in [4.78, 5) is 13.8. The molecule has 7 heteroatoms. The lowest BCUT2D eigenvalue weighted by Gasteiger charge is -2.23. The molecule has 0 aliphatic carbocycles. The molecule has 2 aromatic rings. The van der Waals surface area contributed by atoms with Gasteiger partial charge in [0.1, 0.15) is 12.1 Å². The van der Waals surface area contributed by atoms with Crippen molar-refractivity contribution in [3.8, 4) is 0 Å². The Kier molecular flexibility index (Phi) is 3.75. The molecule has 2 fully saturated rings. The summed E-state index contributed by atoms with van der Waals surface area (Å²) in [6.45, 7) is 11.6. The van der Waals surface area contributed by atoms with Crippen LogP contribution in [0.25, 0.3) is 0 Å². The van der Waals surface area contributed by atoms with E-state index in [2.05, 4.69) is 56.8 Å². The summed E-state index contributed by atoms with van der Waals surface area (Å²) in [7, 11) is 0. The molecule has 128 valence electrons. The fourth-order valence-corrected chi connectivity index (χ4v) is 3.79. The van der Waals surface area contributed by atoms with Crippen molar-refractivity contribution in [2.75, 3.05) is 31.1 Å². The Morgan fingerprint density at radius 1 is 1.12 bits per heavy atom. The first-order chi connectivity index (χ1) is 11.5. The topological polar surface area (TPSA) is 71.2 Å². The van der Waals surface area contributed by atoms with Crippen molar-refractivity contribution in [3.05, 3.63) is 30.4 Å². The zero-order valence-electron chi connectivity index (χ0n) is 14.5. The highest BCUT2D eigenvalue weighted by Crippen LogP contribution is 2.34. The Balaban J connectivity index is 1.41. The largest absolute Gasteiger partial charge is 0.427 e. The van der Waals surface area contributed by atoms with Gasteiger partial charge < -0.3 is 9.32 Å². The van der Waals surface area contributed by atoms with Crippen LogP contribution in [-0.4, -0.2) is 51.2 Å². The number of rotatable bonds is 3. The first-order valence-electron chi connectivity index (χ1n) is 8.54. The third-order valence-electron chi connectivity index (χ3n) is 5.07. The summed E-state index contributed by atoms with van der Waals surface area (Å²) in [6, 6.07) is 2.15. The van der Waals surface area contributed by atoms with Crippen LogP contribution in [0.1, 0.15) is 32.4 Å². The van der Waals surface area contributed by atoms with Crippen LogP contribution in [0.15, 0.2) is 23.2 Å². The van der Waals surface area contributed by atoms with Gasteiger partial charge in [-0.25, -0.2) is 9.97 Å². The van der Waals surface area contributed by atoms with Gasteiger partial charge in [-0.05, 0) is 11.8 Å². The predicted molar refractivity (Wildman–Crippen MR) is 89.5 cm³/mol. The second kappa shape index (κ2) is 5.81. The maximum absolute atomic E-state index is 5.26. The minimum atomic E-state index is 0.0498. The standard InChI is InChI=1S/C17H24N6O/c1-17(2,3)14-4-15(19-10-18-14)23-7-12-5-22(6-13(12)8-23)9-16-21-20-11-24-16/h4,10-13H,5-9H2,1-3H3. The molecule has 0 bridgehead atoms. The SMILES string of the molecule is CC(C)(C)c1cc(N2CC3CN(Cc4nnco4)CC3C2)ncn1. The Labute approximate surface area is 142 Å². The molecule has 0 radical (unpaired) electrons. The average Bonchev–Trinajstić information content (AvgIpc) is 3.23. The van der Waals surface area contributed by atoms with E-state index >= 15 is 0 Å². The van der Waals surface area contributed by atoms with Gasteiger partial charge >= 0.3 is 0 Å². The smallest absolute Gasteiger partial charge is 0.230 e. The lowest BCUT2D eigenvalue weighted by atomic mass is 9.92. The number of nitrogens with zero attached hydrogens (tertiary/aromatic N) is 6. The molecular formula is C17H24N6O. The van der Waals surface area contributed by atoms with Gasteiger partial charge in [-0.2, -0.15) is 0 Å². The summed E-state index contributed by atoms with van der Waals surface area (Å²) in [6.07, 6.45) is 3.10. The fraction of sp³-hybridized carbons (Fsp3) is 0.647. The van der Waals surface area contributed by atoms with Crippen LogP contribution >= 0.6 is 0 Å². The first-order valence-corrected chi connectivity index (χ1v) is 8.54. The molecule has 2 unspecified atom stereocenters. The van der Waals surface area contributed by atoms with E-state index in [1.165, 1.54) is 6.39 Å². The van der Waals surface area contributed by atoms with Crippen molar-refractivity contribution < 1.29 is 4.42 Å². The van der Waals surface area contributed by atoms with Crippen LogP contribution in [-0.2, 0) is 12.0 Å². The molecule has 4 heterocycles. The number of hydrogen-bond donors (Lipinski definition) is 0. The molecule has 2 aliphatic rings. The van der Waals surface area contributed by atoms with Gasteiger partial charge in [0.15, 0.2) is 0 Å². The van der Waals surface area contributed by atoms with Crippen molar-refractivity contribution in [1.82, 2.24) is 25.1 Å². The molecule has 2 aromatic heterocycles. The van der Waals surface area contributed by atoms with E-state index in [1.54, 1.807) is 6.33 Å². The minimum absolute atomic E-state index is 0.0498. The van der Waals surface area contributed by atoms with Crippen LogP contribution in [0.4, 0.5) is 5.82 Å². The van der Waals surface area contributed by atoms with Gasteiger partial charge in [0.25, 0.3) is 0 Å². The third kappa shape index (κ3) is 3.00. The van der Waals surface area contributed by atoms with E-state index in [4.69, 9.17) is 4.42 Å². The Morgan fingerprint density at radius 2 is 1.88 bits per heavy atom. The molecule has 2 aliphatic heterocycles. The molecule has 4 rings (SSSR count). The zero-order chi connectivity index (χ0) is 16.7. The number of hydrogen-bond acceptors (Lipinski definition) is 7. The second-order valence-electron chi connectivity index (χ2n) is 7.96. The van der Waals surface area contributed by atoms with E-state index in [1.807, 2.05) is 0 Å². The molecule has 2 atom stereocenters. The first kappa shape index (κ1) is 15.5. The van der Waals surface area contributed by atoms with Crippen LogP contribution in [0.5, 0.6) is 0 Å². The van der Waals surface area contributed by atoms with E-state index < -0.39 is 0 Å². The molecule has 2 saturated heterocycles. The Hall–Kier alpha value is -2.02. The van der Waals surface area contributed by atoms with Gasteiger partial charge in [-0.3, -0.25) is 4.90 Å². The summed E-state index contributed by atoms with van der Waals surface area (Å²) in [5.41, 5.74) is 1.15. The maximum atomic E-state index is 5.26. The van der Waals surface area contributed by atoms with Crippen molar-refractivity contribution in [2.24, 2.45) is 11.8 Å². The molecule has 0 amide bonds. The van der Waals surface area contributed by atoms with E-state index in [0.717, 1.165) is 44.2 Å². The minimum Gasteiger partial charge on any atom is -0.427 e. The van der Waals surface area contributed by atoms with Crippen LogP contribution in [0, 0.1) is 11.8 Å². The average molecular weight is 328 g/mol. The lowest BCUT2D eigenvalue weighted by molar-refractivity contribution is 0.274. The van der Waals surface area contributed by atoms with Crippen molar-refractivity contribution in [2.45, 2.75) is 32.7 Å². The van der Waals surface area contributed by atoms with Crippen LogP contribution in [0.3, 0.4) is 0 Å². The predicted octanol–water partition coefficient (Wildman–Crippen LogP) is 1.73. The molecule has 0 spiro atoms. The van der Waals surface area contributed by atoms with Gasteiger partial charge in [-0.15, -0.1) is 10.2 Å². The zero-order valence-corrected chi connectivity index (χ0v) is 14.5. The highest BCUT2D eigenvalue weighted by atomic mass is 16.4. The van der Waals surface area contributed by atoms with E-state index in [-0.39, 0.29) is 5.41 Å². The van der Waals surface area contributed by atoms with Crippen LogP contribution < -0.4 is 4.90 Å². The molecule has 0 aromatic carbocycles. The summed E-state index contributed by atoms with van der Waals surface area (Å²) in [5, 5.41) is 7.73.